The van der Waals surface area contributed by atoms with Gasteiger partial charge in [-0.3, -0.25) is 9.10 Å². The van der Waals surface area contributed by atoms with Gasteiger partial charge in [0.1, 0.15) is 0 Å². The molecule has 2 aromatic rings. The van der Waals surface area contributed by atoms with Crippen LogP contribution < -0.4 is 9.62 Å². The van der Waals surface area contributed by atoms with E-state index in [0.717, 1.165) is 11.8 Å². The fourth-order valence-electron chi connectivity index (χ4n) is 2.95. The normalized spacial score (nSPS) is 12.0. The largest absolute Gasteiger partial charge is 0.352 e. The van der Waals surface area contributed by atoms with E-state index in [-0.39, 0.29) is 10.8 Å². The van der Waals surface area contributed by atoms with Crippen molar-refractivity contribution in [1.82, 2.24) is 9.62 Å². The summed E-state index contributed by atoms with van der Waals surface area (Å²) >= 11 is 0. The molecule has 1 amide bonds. The summed E-state index contributed by atoms with van der Waals surface area (Å²) in [6.45, 7) is 4.68. The van der Waals surface area contributed by atoms with Crippen molar-refractivity contribution >= 4 is 31.6 Å². The molecule has 0 aliphatic rings. The van der Waals surface area contributed by atoms with Gasteiger partial charge in [0.15, 0.2) is 0 Å². The molecule has 0 unspecified atom stereocenters. The number of nitrogens with one attached hydrogen (secondary N) is 1. The van der Waals surface area contributed by atoms with Crippen LogP contribution in [0.5, 0.6) is 0 Å². The molecule has 2 rings (SSSR count). The Balaban J connectivity index is 1.98. The smallest absolute Gasteiger partial charge is 0.264 e. The maximum atomic E-state index is 12.8. The minimum absolute atomic E-state index is 0.192. The SMILES string of the molecule is CCN(CCCNC(=O)c1ccc(N(C)S(=O)(=O)c2ccc(C)cc2)cc1)S(C)(=O)=O. The monoisotopic (exact) mass is 467 g/mol. The molecular weight excluding hydrogens is 438 g/mol. The lowest BCUT2D eigenvalue weighted by atomic mass is 10.2. The van der Waals surface area contributed by atoms with E-state index >= 15 is 0 Å². The predicted molar refractivity (Wildman–Crippen MR) is 122 cm³/mol. The van der Waals surface area contributed by atoms with Gasteiger partial charge < -0.3 is 5.32 Å². The molecule has 170 valence electrons. The molecule has 8 nitrogen and oxygen atoms in total. The first-order valence-electron chi connectivity index (χ1n) is 9.85. The lowest BCUT2D eigenvalue weighted by molar-refractivity contribution is 0.0953. The molecule has 0 heterocycles. The van der Waals surface area contributed by atoms with Crippen molar-refractivity contribution < 1.29 is 21.6 Å². The third-order valence-corrected chi connectivity index (χ3v) is 8.04. The average molecular weight is 468 g/mol. The summed E-state index contributed by atoms with van der Waals surface area (Å²) in [5.74, 6) is -0.307. The second kappa shape index (κ2) is 10.3. The molecule has 0 aromatic heterocycles. The Bertz CT molecular complexity index is 1100. The number of anilines is 1. The molecule has 1 N–H and O–H groups in total. The molecule has 0 aliphatic heterocycles. The van der Waals surface area contributed by atoms with Crippen LogP contribution in [-0.4, -0.2) is 60.0 Å². The van der Waals surface area contributed by atoms with E-state index in [4.69, 9.17) is 0 Å². The van der Waals surface area contributed by atoms with Crippen molar-refractivity contribution in [2.24, 2.45) is 0 Å². The van der Waals surface area contributed by atoms with E-state index in [9.17, 15) is 21.6 Å². The van der Waals surface area contributed by atoms with Gasteiger partial charge in [-0.25, -0.2) is 21.1 Å². The van der Waals surface area contributed by atoms with E-state index in [1.165, 1.54) is 15.7 Å². The molecule has 10 heteroatoms. The topological polar surface area (TPSA) is 104 Å². The molecule has 0 radical (unpaired) electrons. The number of carbonyl (C=O) groups is 1. The summed E-state index contributed by atoms with van der Waals surface area (Å²) in [5.41, 5.74) is 1.79. The van der Waals surface area contributed by atoms with Gasteiger partial charge >= 0.3 is 0 Å². The van der Waals surface area contributed by atoms with E-state index in [0.29, 0.717) is 37.3 Å². The van der Waals surface area contributed by atoms with Gasteiger partial charge in [0, 0.05) is 32.2 Å². The molecule has 2 aromatic carbocycles. The van der Waals surface area contributed by atoms with Crippen LogP contribution >= 0.6 is 0 Å². The van der Waals surface area contributed by atoms with Crippen molar-refractivity contribution in [3.63, 3.8) is 0 Å². The third kappa shape index (κ3) is 6.52. The first-order valence-corrected chi connectivity index (χ1v) is 13.1. The fourth-order valence-corrected chi connectivity index (χ4v) is 5.07. The van der Waals surface area contributed by atoms with Crippen molar-refractivity contribution in [3.05, 3.63) is 59.7 Å². The predicted octanol–water partition coefficient (Wildman–Crippen LogP) is 2.22. The standard InChI is InChI=1S/C21H29N3O5S2/c1-5-24(30(4,26)27)16-6-15-22-21(25)18-9-11-19(12-10-18)23(3)31(28,29)20-13-7-17(2)8-14-20/h7-14H,5-6,15-16H2,1-4H3,(H,22,25). The van der Waals surface area contributed by atoms with Gasteiger partial charge in [-0.15, -0.1) is 0 Å². The zero-order valence-corrected chi connectivity index (χ0v) is 19.8. The number of hydrogen-bond donors (Lipinski definition) is 1. The zero-order chi connectivity index (χ0) is 23.2. The van der Waals surface area contributed by atoms with Crippen molar-refractivity contribution in [3.8, 4) is 0 Å². The highest BCUT2D eigenvalue weighted by molar-refractivity contribution is 7.92. The molecule has 0 fully saturated rings. The van der Waals surface area contributed by atoms with Gasteiger partial charge in [-0.1, -0.05) is 24.6 Å². The molecule has 0 saturated heterocycles. The Morgan fingerprint density at radius 3 is 2.06 bits per heavy atom. The number of rotatable bonds is 10. The Morgan fingerprint density at radius 2 is 1.55 bits per heavy atom. The lowest BCUT2D eigenvalue weighted by Crippen LogP contribution is -2.33. The second-order valence-corrected chi connectivity index (χ2v) is 11.1. The average Bonchev–Trinajstić information content (AvgIpc) is 2.72. The van der Waals surface area contributed by atoms with Gasteiger partial charge in [-0.05, 0) is 49.7 Å². The number of amides is 1. The van der Waals surface area contributed by atoms with Gasteiger partial charge in [0.2, 0.25) is 10.0 Å². The Hall–Kier alpha value is -2.43. The van der Waals surface area contributed by atoms with Crippen LogP contribution in [0.3, 0.4) is 0 Å². The number of nitrogens with zero attached hydrogens (tertiary/aromatic N) is 2. The Kier molecular flexibility index (Phi) is 8.21. The molecule has 0 spiro atoms. The van der Waals surface area contributed by atoms with E-state index in [1.807, 2.05) is 6.92 Å². The number of sulfonamides is 2. The molecule has 31 heavy (non-hydrogen) atoms. The van der Waals surface area contributed by atoms with Crippen LogP contribution in [0.15, 0.2) is 53.4 Å². The molecule has 0 saturated carbocycles. The van der Waals surface area contributed by atoms with E-state index < -0.39 is 20.0 Å². The highest BCUT2D eigenvalue weighted by Crippen LogP contribution is 2.22. The molecule has 0 atom stereocenters. The van der Waals surface area contributed by atoms with E-state index in [1.54, 1.807) is 55.5 Å². The molecule has 0 aliphatic carbocycles. The molecular formula is C21H29N3O5S2. The summed E-state index contributed by atoms with van der Waals surface area (Å²) in [6.07, 6.45) is 1.65. The van der Waals surface area contributed by atoms with Crippen molar-refractivity contribution in [2.75, 3.05) is 37.2 Å². The maximum absolute atomic E-state index is 12.8. The lowest BCUT2D eigenvalue weighted by Gasteiger charge is -2.20. The van der Waals surface area contributed by atoms with Crippen LogP contribution in [0, 0.1) is 6.92 Å². The van der Waals surface area contributed by atoms with Gasteiger partial charge in [0.05, 0.1) is 16.8 Å². The van der Waals surface area contributed by atoms with E-state index in [2.05, 4.69) is 5.32 Å². The highest BCUT2D eigenvalue weighted by atomic mass is 32.2. The fraction of sp³-hybridized carbons (Fsp3) is 0.381. The van der Waals surface area contributed by atoms with Crippen molar-refractivity contribution in [2.45, 2.75) is 25.2 Å². The quantitative estimate of drug-likeness (QED) is 0.540. The minimum atomic E-state index is -3.70. The van der Waals surface area contributed by atoms with Crippen molar-refractivity contribution in [1.29, 1.82) is 0 Å². The van der Waals surface area contributed by atoms with Crippen LogP contribution in [0.25, 0.3) is 0 Å². The summed E-state index contributed by atoms with van der Waals surface area (Å²) in [5, 5.41) is 2.75. The maximum Gasteiger partial charge on any atom is 0.264 e. The zero-order valence-electron chi connectivity index (χ0n) is 18.2. The van der Waals surface area contributed by atoms with Crippen LogP contribution in [0.1, 0.15) is 29.3 Å². The number of benzene rings is 2. The summed E-state index contributed by atoms with van der Waals surface area (Å²) in [7, 11) is -5.49. The number of carbonyl (C=O) groups excluding carboxylic acids is 1. The van der Waals surface area contributed by atoms with Crippen LogP contribution in [0.4, 0.5) is 5.69 Å². The summed E-state index contributed by atoms with van der Waals surface area (Å²) in [4.78, 5) is 12.5. The van der Waals surface area contributed by atoms with Gasteiger partial charge in [0.25, 0.3) is 15.9 Å². The van der Waals surface area contributed by atoms with Gasteiger partial charge in [-0.2, -0.15) is 0 Å². The van der Waals surface area contributed by atoms with Crippen LogP contribution in [0.2, 0.25) is 0 Å². The first-order chi connectivity index (χ1) is 14.5. The molecule has 0 bridgehead atoms. The van der Waals surface area contributed by atoms with Crippen LogP contribution in [-0.2, 0) is 20.0 Å². The highest BCUT2D eigenvalue weighted by Gasteiger charge is 2.21. The minimum Gasteiger partial charge on any atom is -0.352 e. The Labute approximate surface area is 185 Å². The number of hydrogen-bond acceptors (Lipinski definition) is 5. The first kappa shape index (κ1) is 24.8. The Morgan fingerprint density at radius 1 is 0.968 bits per heavy atom. The summed E-state index contributed by atoms with van der Waals surface area (Å²) in [6, 6.07) is 12.9. The second-order valence-electron chi connectivity index (χ2n) is 7.20. The summed E-state index contributed by atoms with van der Waals surface area (Å²) < 4.78 is 51.2. The third-order valence-electron chi connectivity index (χ3n) is 4.86. The number of aryl methyl sites for hydroxylation is 1.